The van der Waals surface area contributed by atoms with Gasteiger partial charge in [0.25, 0.3) is 0 Å². The molecule has 3 rings (SSSR count). The quantitative estimate of drug-likeness (QED) is 0.819. The number of piperidine rings is 1. The van der Waals surface area contributed by atoms with E-state index in [1.54, 1.807) is 13.3 Å². The molecule has 5 nitrogen and oxygen atoms in total. The molecule has 0 saturated carbocycles. The zero-order valence-corrected chi connectivity index (χ0v) is 14.2. The molecule has 1 atom stereocenters. The third-order valence-electron chi connectivity index (χ3n) is 4.67. The molecule has 1 aromatic heterocycles. The van der Waals surface area contributed by atoms with Crippen molar-refractivity contribution in [2.75, 3.05) is 13.7 Å². The second-order valence-electron chi connectivity index (χ2n) is 6.32. The fraction of sp³-hybridized carbons (Fsp3) is 0.474. The number of carbonyl (C=O) groups is 1. The molecule has 1 aliphatic heterocycles. The van der Waals surface area contributed by atoms with Crippen molar-refractivity contribution in [3.05, 3.63) is 48.3 Å². The van der Waals surface area contributed by atoms with Crippen molar-refractivity contribution in [2.45, 2.75) is 44.7 Å². The number of hydrogen-bond acceptors (Lipinski definition) is 3. The molecule has 0 N–H and O–H groups in total. The lowest BCUT2D eigenvalue weighted by atomic mass is 10.0. The van der Waals surface area contributed by atoms with E-state index in [-0.39, 0.29) is 11.9 Å². The molecular weight excluding hydrogens is 302 g/mol. The molecular formula is C19H25N3O2. The Labute approximate surface area is 143 Å². The predicted molar refractivity (Wildman–Crippen MR) is 92.9 cm³/mol. The summed E-state index contributed by atoms with van der Waals surface area (Å²) < 4.78 is 7.18. The molecule has 1 amide bonds. The number of aryl methyl sites for hydroxylation is 1. The Bertz CT molecular complexity index is 654. The Balaban J connectivity index is 1.59. The molecule has 0 aliphatic carbocycles. The van der Waals surface area contributed by atoms with E-state index in [4.69, 9.17) is 4.74 Å². The number of hydrogen-bond donors (Lipinski definition) is 0. The highest BCUT2D eigenvalue weighted by molar-refractivity contribution is 5.77. The second kappa shape index (κ2) is 7.99. The van der Waals surface area contributed by atoms with Crippen molar-refractivity contribution in [2.24, 2.45) is 0 Å². The van der Waals surface area contributed by atoms with Crippen LogP contribution in [0.1, 0.15) is 31.2 Å². The molecule has 2 heterocycles. The number of methoxy groups -OCH3 is 1. The molecule has 0 spiro atoms. The van der Waals surface area contributed by atoms with Crippen molar-refractivity contribution < 1.29 is 9.53 Å². The van der Waals surface area contributed by atoms with Crippen LogP contribution >= 0.6 is 0 Å². The van der Waals surface area contributed by atoms with Gasteiger partial charge in [0.05, 0.1) is 19.7 Å². The monoisotopic (exact) mass is 327 g/mol. The number of carbonyl (C=O) groups excluding carboxylic acids is 1. The predicted octanol–water partition coefficient (Wildman–Crippen LogP) is 2.91. The fourth-order valence-corrected chi connectivity index (χ4v) is 3.37. The molecule has 0 unspecified atom stereocenters. The lowest BCUT2D eigenvalue weighted by Crippen LogP contribution is -2.46. The molecule has 128 valence electrons. The summed E-state index contributed by atoms with van der Waals surface area (Å²) in [4.78, 5) is 14.8. The zero-order valence-electron chi connectivity index (χ0n) is 14.2. The Morgan fingerprint density at radius 1 is 1.33 bits per heavy atom. The third-order valence-corrected chi connectivity index (χ3v) is 4.67. The van der Waals surface area contributed by atoms with Crippen molar-refractivity contribution in [3.8, 4) is 5.75 Å². The first-order valence-electron chi connectivity index (χ1n) is 8.66. The normalized spacial score (nSPS) is 17.7. The number of nitrogens with zero attached hydrogens (tertiary/aromatic N) is 3. The van der Waals surface area contributed by atoms with Crippen LogP contribution in [0.4, 0.5) is 0 Å². The van der Waals surface area contributed by atoms with E-state index in [1.807, 2.05) is 41.2 Å². The maximum Gasteiger partial charge on any atom is 0.223 e. The summed E-state index contributed by atoms with van der Waals surface area (Å²) >= 11 is 0. The van der Waals surface area contributed by atoms with E-state index < -0.39 is 0 Å². The molecule has 1 aromatic carbocycles. The van der Waals surface area contributed by atoms with Crippen LogP contribution in [0.25, 0.3) is 0 Å². The molecule has 1 saturated heterocycles. The van der Waals surface area contributed by atoms with Gasteiger partial charge in [0.1, 0.15) is 5.75 Å². The van der Waals surface area contributed by atoms with E-state index in [2.05, 4.69) is 10.00 Å². The summed E-state index contributed by atoms with van der Waals surface area (Å²) in [5.74, 6) is 1.09. The number of benzene rings is 1. The largest absolute Gasteiger partial charge is 0.497 e. The smallest absolute Gasteiger partial charge is 0.223 e. The number of likely N-dealkylation sites (tertiary alicyclic amines) is 1. The molecule has 1 aliphatic rings. The van der Waals surface area contributed by atoms with E-state index in [0.29, 0.717) is 6.42 Å². The number of rotatable bonds is 6. The first-order valence-corrected chi connectivity index (χ1v) is 8.66. The van der Waals surface area contributed by atoms with Gasteiger partial charge in [-0.25, -0.2) is 0 Å². The van der Waals surface area contributed by atoms with Crippen molar-refractivity contribution in [1.29, 1.82) is 0 Å². The number of ether oxygens (including phenoxy) is 1. The van der Waals surface area contributed by atoms with Crippen LogP contribution in [-0.2, 0) is 17.8 Å². The van der Waals surface area contributed by atoms with Crippen LogP contribution in [0.2, 0.25) is 0 Å². The molecule has 5 heteroatoms. The van der Waals surface area contributed by atoms with Crippen LogP contribution in [0, 0.1) is 0 Å². The summed E-state index contributed by atoms with van der Waals surface area (Å²) in [6.07, 6.45) is 8.39. The first kappa shape index (κ1) is 16.6. The van der Waals surface area contributed by atoms with Gasteiger partial charge in [-0.2, -0.15) is 5.10 Å². The van der Waals surface area contributed by atoms with Crippen molar-refractivity contribution in [3.63, 3.8) is 0 Å². The maximum atomic E-state index is 12.7. The van der Waals surface area contributed by atoms with Crippen molar-refractivity contribution in [1.82, 2.24) is 14.7 Å². The number of aromatic nitrogens is 2. The summed E-state index contributed by atoms with van der Waals surface area (Å²) in [6, 6.07) is 10.1. The third kappa shape index (κ3) is 4.16. The van der Waals surface area contributed by atoms with Gasteiger partial charge in [0.15, 0.2) is 0 Å². The van der Waals surface area contributed by atoms with Crippen molar-refractivity contribution >= 4 is 5.91 Å². The minimum atomic E-state index is 0.245. The van der Waals surface area contributed by atoms with E-state index in [0.717, 1.165) is 43.7 Å². The molecule has 1 fully saturated rings. The highest BCUT2D eigenvalue weighted by Crippen LogP contribution is 2.21. The fourth-order valence-electron chi connectivity index (χ4n) is 3.37. The molecule has 24 heavy (non-hydrogen) atoms. The minimum Gasteiger partial charge on any atom is -0.497 e. The van der Waals surface area contributed by atoms with Crippen LogP contribution in [-0.4, -0.2) is 40.3 Å². The Morgan fingerprint density at radius 2 is 2.25 bits per heavy atom. The van der Waals surface area contributed by atoms with Gasteiger partial charge in [-0.3, -0.25) is 9.48 Å². The summed E-state index contributed by atoms with van der Waals surface area (Å²) in [6.45, 7) is 1.65. The average molecular weight is 327 g/mol. The maximum absolute atomic E-state index is 12.7. The topological polar surface area (TPSA) is 47.4 Å². The Kier molecular flexibility index (Phi) is 5.51. The standard InChI is InChI=1S/C19H25N3O2/c1-24-18-8-4-6-16(14-18)9-10-19(23)22-13-3-2-7-17(22)15-21-12-5-11-20-21/h4-6,8,11-12,14,17H,2-3,7,9-10,13,15H2,1H3/t17-/m0/s1. The van der Waals surface area contributed by atoms with Gasteiger partial charge in [-0.05, 0) is 49.4 Å². The highest BCUT2D eigenvalue weighted by Gasteiger charge is 2.26. The van der Waals surface area contributed by atoms with Crippen LogP contribution < -0.4 is 4.74 Å². The van der Waals surface area contributed by atoms with Gasteiger partial charge in [0.2, 0.25) is 5.91 Å². The Hall–Kier alpha value is -2.30. The lowest BCUT2D eigenvalue weighted by molar-refractivity contribution is -0.135. The Morgan fingerprint density at radius 3 is 3.04 bits per heavy atom. The van der Waals surface area contributed by atoms with Gasteiger partial charge < -0.3 is 9.64 Å². The van der Waals surface area contributed by atoms with Crippen LogP contribution in [0.5, 0.6) is 5.75 Å². The van der Waals surface area contributed by atoms with Crippen LogP contribution in [0.3, 0.4) is 0 Å². The second-order valence-corrected chi connectivity index (χ2v) is 6.32. The summed E-state index contributed by atoms with van der Waals surface area (Å²) in [5, 5.41) is 4.28. The molecule has 0 radical (unpaired) electrons. The van der Waals surface area contributed by atoms with E-state index in [9.17, 15) is 4.79 Å². The average Bonchev–Trinajstić information content (AvgIpc) is 3.13. The highest BCUT2D eigenvalue weighted by atomic mass is 16.5. The van der Waals surface area contributed by atoms with E-state index in [1.165, 1.54) is 6.42 Å². The van der Waals surface area contributed by atoms with Gasteiger partial charge in [-0.15, -0.1) is 0 Å². The van der Waals surface area contributed by atoms with Gasteiger partial charge in [0, 0.05) is 25.4 Å². The summed E-state index contributed by atoms with van der Waals surface area (Å²) in [7, 11) is 1.66. The summed E-state index contributed by atoms with van der Waals surface area (Å²) in [5.41, 5.74) is 1.14. The van der Waals surface area contributed by atoms with Gasteiger partial charge >= 0.3 is 0 Å². The van der Waals surface area contributed by atoms with Crippen LogP contribution in [0.15, 0.2) is 42.7 Å². The number of amides is 1. The molecule has 0 bridgehead atoms. The SMILES string of the molecule is COc1cccc(CCC(=O)N2CCCC[C@H]2Cn2cccn2)c1. The minimum absolute atomic E-state index is 0.245. The lowest BCUT2D eigenvalue weighted by Gasteiger charge is -2.36. The van der Waals surface area contributed by atoms with Gasteiger partial charge in [-0.1, -0.05) is 12.1 Å². The first-order chi connectivity index (χ1) is 11.8. The zero-order chi connectivity index (χ0) is 16.8. The van der Waals surface area contributed by atoms with E-state index >= 15 is 0 Å². The molecule has 2 aromatic rings.